The lowest BCUT2D eigenvalue weighted by Crippen LogP contribution is -2.51. The maximum atomic E-state index is 13.1. The van der Waals surface area contributed by atoms with Gasteiger partial charge >= 0.3 is 0 Å². The number of likely N-dealkylation sites (tertiary alicyclic amines) is 1. The molecule has 4 atom stereocenters. The number of nitrogens with two attached hydrogens (primary N) is 1. The highest BCUT2D eigenvalue weighted by molar-refractivity contribution is 5.99. The van der Waals surface area contributed by atoms with Crippen LogP contribution in [0.2, 0.25) is 0 Å². The fourth-order valence-corrected chi connectivity index (χ4v) is 6.25. The number of fused-ring (bicyclic) bond motifs is 2. The summed E-state index contributed by atoms with van der Waals surface area (Å²) in [7, 11) is 2.07. The number of piperidine rings is 1. The minimum absolute atomic E-state index is 0.0712. The zero-order chi connectivity index (χ0) is 26.3. The van der Waals surface area contributed by atoms with Crippen LogP contribution in [0.1, 0.15) is 74.3 Å². The Morgan fingerprint density at radius 3 is 2.16 bits per heavy atom. The van der Waals surface area contributed by atoms with E-state index in [-0.39, 0.29) is 23.9 Å². The number of primary amides is 1. The van der Waals surface area contributed by atoms with E-state index < -0.39 is 5.91 Å². The number of pyridine rings is 1. The van der Waals surface area contributed by atoms with Gasteiger partial charge in [-0.05, 0) is 94.9 Å². The molecule has 3 saturated heterocycles. The molecule has 5 rings (SSSR count). The normalized spacial score (nSPS) is 25.2. The first-order valence-corrected chi connectivity index (χ1v) is 13.1. The van der Waals surface area contributed by atoms with Crippen molar-refractivity contribution in [2.75, 3.05) is 25.0 Å². The Morgan fingerprint density at radius 2 is 1.57 bits per heavy atom. The van der Waals surface area contributed by atoms with E-state index >= 15 is 0 Å². The van der Waals surface area contributed by atoms with E-state index in [0.29, 0.717) is 34.3 Å². The van der Waals surface area contributed by atoms with Crippen LogP contribution in [-0.4, -0.2) is 71.9 Å². The van der Waals surface area contributed by atoms with Crippen LogP contribution in [0.3, 0.4) is 0 Å². The lowest BCUT2D eigenvalue weighted by molar-refractivity contribution is 0.0921. The quantitative estimate of drug-likeness (QED) is 0.555. The van der Waals surface area contributed by atoms with Crippen molar-refractivity contribution < 1.29 is 14.4 Å². The van der Waals surface area contributed by atoms with E-state index in [4.69, 9.17) is 5.73 Å². The summed E-state index contributed by atoms with van der Waals surface area (Å²) < 4.78 is 0. The van der Waals surface area contributed by atoms with Crippen LogP contribution in [0.15, 0.2) is 30.5 Å². The summed E-state index contributed by atoms with van der Waals surface area (Å²) in [6.07, 6.45) is 6.46. The minimum atomic E-state index is -0.486. The number of rotatable bonds is 6. The maximum Gasteiger partial charge on any atom is 0.253 e. The highest BCUT2D eigenvalue weighted by Crippen LogP contribution is 2.38. The third kappa shape index (κ3) is 5.18. The van der Waals surface area contributed by atoms with Gasteiger partial charge in [-0.2, -0.15) is 0 Å². The molecule has 196 valence electrons. The fourth-order valence-electron chi connectivity index (χ4n) is 6.25. The number of nitrogens with zero attached hydrogens (tertiary/aromatic N) is 3. The standard InChI is InChI=1S/C28H36N6O3/c1-16-11-24(17(2)10-23(16)26(29)35)28(37)32-20-12-21-5-6-22(13-20)34(21)25-7-4-18(14-30-25)27(36)31-19-8-9-33(3)15-19/h4,7,10-11,14,19-22H,5-6,8-9,12-13,15H2,1-3H3,(H2,29,35)(H,31,36)(H,32,37)/t19-,20-,21+,22-/m0/s1. The Labute approximate surface area is 217 Å². The molecule has 2 bridgehead atoms. The van der Waals surface area contributed by atoms with E-state index in [0.717, 1.165) is 56.6 Å². The van der Waals surface area contributed by atoms with Crippen molar-refractivity contribution in [1.29, 1.82) is 0 Å². The molecule has 0 saturated carbocycles. The third-order valence-corrected chi connectivity index (χ3v) is 8.15. The average molecular weight is 505 g/mol. The van der Waals surface area contributed by atoms with E-state index in [1.807, 2.05) is 19.1 Å². The van der Waals surface area contributed by atoms with Crippen LogP contribution in [-0.2, 0) is 0 Å². The van der Waals surface area contributed by atoms with Crippen LogP contribution in [0.4, 0.5) is 5.82 Å². The first-order chi connectivity index (χ1) is 17.7. The molecule has 3 aliphatic heterocycles. The number of amides is 3. The van der Waals surface area contributed by atoms with E-state index in [1.165, 1.54) is 0 Å². The summed E-state index contributed by atoms with van der Waals surface area (Å²) in [5.41, 5.74) is 8.51. The van der Waals surface area contributed by atoms with Crippen LogP contribution in [0, 0.1) is 13.8 Å². The molecule has 9 heteroatoms. The number of aromatic nitrogens is 1. The SMILES string of the molecule is Cc1cc(C(=O)N[C@H]2C[C@H]3CC[C@@H](C2)N3c2ccc(C(=O)N[C@H]3CCN(C)C3)cn2)c(C)cc1C(N)=O. The van der Waals surface area contributed by atoms with Gasteiger partial charge in [-0.15, -0.1) is 0 Å². The first-order valence-electron chi connectivity index (χ1n) is 13.1. The molecule has 3 amide bonds. The summed E-state index contributed by atoms with van der Waals surface area (Å²) in [5, 5.41) is 6.34. The zero-order valence-corrected chi connectivity index (χ0v) is 21.8. The largest absolute Gasteiger partial charge is 0.366 e. The van der Waals surface area contributed by atoms with Crippen LogP contribution in [0.25, 0.3) is 0 Å². The molecule has 4 N–H and O–H groups in total. The molecule has 1 aromatic carbocycles. The van der Waals surface area contributed by atoms with Gasteiger partial charge in [-0.25, -0.2) is 4.98 Å². The van der Waals surface area contributed by atoms with Gasteiger partial charge in [0, 0.05) is 48.0 Å². The Hall–Kier alpha value is -3.46. The number of benzene rings is 1. The van der Waals surface area contributed by atoms with Crippen molar-refractivity contribution in [3.05, 3.63) is 58.3 Å². The number of carbonyl (C=O) groups is 3. The molecule has 3 fully saturated rings. The third-order valence-electron chi connectivity index (χ3n) is 8.15. The van der Waals surface area contributed by atoms with E-state index in [9.17, 15) is 14.4 Å². The highest BCUT2D eigenvalue weighted by Gasteiger charge is 2.42. The molecule has 37 heavy (non-hydrogen) atoms. The summed E-state index contributed by atoms with van der Waals surface area (Å²) in [6, 6.07) is 8.12. The minimum Gasteiger partial charge on any atom is -0.366 e. The smallest absolute Gasteiger partial charge is 0.253 e. The van der Waals surface area contributed by atoms with Crippen molar-refractivity contribution in [2.45, 2.75) is 70.1 Å². The molecule has 2 aromatic rings. The van der Waals surface area contributed by atoms with Crippen LogP contribution < -0.4 is 21.3 Å². The molecule has 3 aliphatic rings. The summed E-state index contributed by atoms with van der Waals surface area (Å²) >= 11 is 0. The molecule has 9 nitrogen and oxygen atoms in total. The molecular weight excluding hydrogens is 468 g/mol. The molecular formula is C28H36N6O3. The van der Waals surface area contributed by atoms with Gasteiger partial charge in [0.25, 0.3) is 11.8 Å². The lowest BCUT2D eigenvalue weighted by atomic mass is 9.95. The van der Waals surface area contributed by atoms with Gasteiger partial charge < -0.3 is 26.2 Å². The Bertz CT molecular complexity index is 1200. The molecule has 0 radical (unpaired) electrons. The Kier molecular flexibility index (Phi) is 6.90. The summed E-state index contributed by atoms with van der Waals surface area (Å²) in [4.78, 5) is 46.6. The second-order valence-electron chi connectivity index (χ2n) is 10.9. The topological polar surface area (TPSA) is 121 Å². The molecule has 0 unspecified atom stereocenters. The Balaban J connectivity index is 1.21. The number of nitrogens with one attached hydrogen (secondary N) is 2. The van der Waals surface area contributed by atoms with Gasteiger partial charge in [0.2, 0.25) is 5.91 Å². The second kappa shape index (κ2) is 10.1. The average Bonchev–Trinajstić information content (AvgIpc) is 3.39. The summed E-state index contributed by atoms with van der Waals surface area (Å²) in [5.74, 6) is 0.220. The molecule has 1 aromatic heterocycles. The van der Waals surface area contributed by atoms with Gasteiger partial charge in [0.15, 0.2) is 0 Å². The Morgan fingerprint density at radius 1 is 0.919 bits per heavy atom. The van der Waals surface area contributed by atoms with Crippen LogP contribution in [0.5, 0.6) is 0 Å². The number of carbonyl (C=O) groups excluding carboxylic acids is 3. The highest BCUT2D eigenvalue weighted by atomic mass is 16.2. The van der Waals surface area contributed by atoms with Crippen molar-refractivity contribution in [3.63, 3.8) is 0 Å². The van der Waals surface area contributed by atoms with Gasteiger partial charge in [-0.1, -0.05) is 0 Å². The number of anilines is 1. The van der Waals surface area contributed by atoms with Crippen molar-refractivity contribution >= 4 is 23.5 Å². The van der Waals surface area contributed by atoms with E-state index in [1.54, 1.807) is 25.3 Å². The predicted molar refractivity (Wildman–Crippen MR) is 142 cm³/mol. The number of hydrogen-bond acceptors (Lipinski definition) is 6. The summed E-state index contributed by atoms with van der Waals surface area (Å²) in [6.45, 7) is 5.51. The monoisotopic (exact) mass is 504 g/mol. The maximum absolute atomic E-state index is 13.1. The number of likely N-dealkylation sites (N-methyl/N-ethyl adjacent to an activating group) is 1. The van der Waals surface area contributed by atoms with Crippen molar-refractivity contribution in [2.24, 2.45) is 5.73 Å². The second-order valence-corrected chi connectivity index (χ2v) is 10.9. The fraction of sp³-hybridized carbons (Fsp3) is 0.500. The van der Waals surface area contributed by atoms with Crippen molar-refractivity contribution in [1.82, 2.24) is 20.5 Å². The van der Waals surface area contributed by atoms with Crippen molar-refractivity contribution in [3.8, 4) is 0 Å². The predicted octanol–water partition coefficient (Wildman–Crippen LogP) is 2.16. The van der Waals surface area contributed by atoms with Gasteiger partial charge in [-0.3, -0.25) is 14.4 Å². The molecule has 0 spiro atoms. The number of aryl methyl sites for hydroxylation is 2. The lowest BCUT2D eigenvalue weighted by Gasteiger charge is -2.40. The van der Waals surface area contributed by atoms with Gasteiger partial charge in [0.1, 0.15) is 5.82 Å². The van der Waals surface area contributed by atoms with Gasteiger partial charge in [0.05, 0.1) is 5.56 Å². The molecule has 4 heterocycles. The number of hydrogen-bond donors (Lipinski definition) is 3. The van der Waals surface area contributed by atoms with Crippen LogP contribution >= 0.6 is 0 Å². The van der Waals surface area contributed by atoms with E-state index in [2.05, 4.69) is 32.5 Å². The zero-order valence-electron chi connectivity index (χ0n) is 21.8. The first kappa shape index (κ1) is 25.2. The molecule has 0 aliphatic carbocycles.